The molecule has 5 heteroatoms. The molecular weight excluding hydrogens is 350 g/mol. The number of amides is 1. The van der Waals surface area contributed by atoms with E-state index in [2.05, 4.69) is 39.5 Å². The van der Waals surface area contributed by atoms with Crippen molar-refractivity contribution in [3.63, 3.8) is 0 Å². The number of fused-ring (bicyclic) bond motifs is 1. The average Bonchev–Trinajstić information content (AvgIpc) is 3.22. The third-order valence-electron chi connectivity index (χ3n) is 5.61. The van der Waals surface area contributed by atoms with Crippen molar-refractivity contribution >= 4 is 16.8 Å². The number of aromatic nitrogens is 1. The number of nitrogens with one attached hydrogen (secondary N) is 2. The van der Waals surface area contributed by atoms with Crippen molar-refractivity contribution in [1.82, 2.24) is 15.2 Å². The number of carbonyl (C=O) groups excluding carboxylic acids is 1. The van der Waals surface area contributed by atoms with Crippen LogP contribution in [0.25, 0.3) is 22.0 Å². The fourth-order valence-corrected chi connectivity index (χ4v) is 3.98. The van der Waals surface area contributed by atoms with Crippen LogP contribution in [-0.4, -0.2) is 53.7 Å². The van der Waals surface area contributed by atoms with Crippen molar-refractivity contribution in [1.29, 1.82) is 0 Å². The number of nitrogens with zero attached hydrogens (tertiary/aromatic N) is 1. The molecule has 1 aliphatic heterocycles. The van der Waals surface area contributed by atoms with Crippen LogP contribution in [0.5, 0.6) is 0 Å². The summed E-state index contributed by atoms with van der Waals surface area (Å²) >= 11 is 0. The van der Waals surface area contributed by atoms with Gasteiger partial charge in [-0.1, -0.05) is 18.2 Å². The zero-order valence-corrected chi connectivity index (χ0v) is 16.0. The van der Waals surface area contributed by atoms with E-state index < -0.39 is 0 Å². The second-order valence-corrected chi connectivity index (χ2v) is 7.60. The van der Waals surface area contributed by atoms with Crippen LogP contribution >= 0.6 is 0 Å². The molecule has 3 aromatic rings. The van der Waals surface area contributed by atoms with Gasteiger partial charge in [0.1, 0.15) is 0 Å². The Morgan fingerprint density at radius 3 is 2.79 bits per heavy atom. The van der Waals surface area contributed by atoms with Crippen LogP contribution in [0.1, 0.15) is 23.2 Å². The minimum absolute atomic E-state index is 0.0386. The van der Waals surface area contributed by atoms with Crippen LogP contribution < -0.4 is 5.32 Å². The molecule has 0 saturated carbocycles. The molecule has 1 amide bonds. The van der Waals surface area contributed by atoms with Crippen LogP contribution in [0.15, 0.2) is 54.7 Å². The molecule has 28 heavy (non-hydrogen) atoms. The first-order valence-electron chi connectivity index (χ1n) is 10.0. The number of piperidine rings is 1. The maximum absolute atomic E-state index is 12.4. The van der Waals surface area contributed by atoms with E-state index in [-0.39, 0.29) is 12.5 Å². The van der Waals surface area contributed by atoms with Gasteiger partial charge < -0.3 is 20.3 Å². The summed E-state index contributed by atoms with van der Waals surface area (Å²) in [7, 11) is 0. The molecule has 1 aromatic heterocycles. The standard InChI is InChI=1S/C23H27N3O2/c27-16-17-2-1-12-26(15-17)13-11-25-23(28)19-5-3-18(4-6-19)20-7-8-22-21(14-20)9-10-24-22/h3-10,14,17,24,27H,1-2,11-13,15-16H2,(H,25,28). The lowest BCUT2D eigenvalue weighted by molar-refractivity contribution is 0.0930. The van der Waals surface area contributed by atoms with Gasteiger partial charge >= 0.3 is 0 Å². The minimum atomic E-state index is -0.0386. The second-order valence-electron chi connectivity index (χ2n) is 7.60. The third-order valence-corrected chi connectivity index (χ3v) is 5.61. The fourth-order valence-electron chi connectivity index (χ4n) is 3.98. The van der Waals surface area contributed by atoms with Crippen molar-refractivity contribution < 1.29 is 9.90 Å². The number of aliphatic hydroxyl groups is 1. The number of carbonyl (C=O) groups is 1. The number of hydrogen-bond donors (Lipinski definition) is 3. The van der Waals surface area contributed by atoms with Crippen LogP contribution in [0, 0.1) is 5.92 Å². The van der Waals surface area contributed by atoms with Gasteiger partial charge in [0, 0.05) is 43.5 Å². The number of benzene rings is 2. The van der Waals surface area contributed by atoms with Crippen LogP contribution in [0.4, 0.5) is 0 Å². The van der Waals surface area contributed by atoms with Gasteiger partial charge in [-0.15, -0.1) is 0 Å². The molecule has 146 valence electrons. The van der Waals surface area contributed by atoms with Crippen LogP contribution in [0.3, 0.4) is 0 Å². The van der Waals surface area contributed by atoms with E-state index in [0.29, 0.717) is 18.0 Å². The normalized spacial score (nSPS) is 17.7. The first kappa shape index (κ1) is 18.7. The topological polar surface area (TPSA) is 68.4 Å². The highest BCUT2D eigenvalue weighted by atomic mass is 16.3. The quantitative estimate of drug-likeness (QED) is 0.618. The van der Waals surface area contributed by atoms with E-state index in [1.54, 1.807) is 0 Å². The van der Waals surface area contributed by atoms with Crippen molar-refractivity contribution in [2.75, 3.05) is 32.8 Å². The summed E-state index contributed by atoms with van der Waals surface area (Å²) in [4.78, 5) is 17.9. The molecule has 3 N–H and O–H groups in total. The maximum Gasteiger partial charge on any atom is 0.251 e. The Hall–Kier alpha value is -2.63. The van der Waals surface area contributed by atoms with E-state index in [1.807, 2.05) is 30.5 Å². The Kier molecular flexibility index (Phi) is 5.74. The number of rotatable bonds is 6. The van der Waals surface area contributed by atoms with Crippen molar-refractivity contribution in [2.24, 2.45) is 5.92 Å². The number of aromatic amines is 1. The molecule has 2 aromatic carbocycles. The van der Waals surface area contributed by atoms with E-state index in [4.69, 9.17) is 0 Å². The van der Waals surface area contributed by atoms with Crippen molar-refractivity contribution in [3.8, 4) is 11.1 Å². The van der Waals surface area contributed by atoms with E-state index in [9.17, 15) is 9.90 Å². The zero-order chi connectivity index (χ0) is 19.3. The average molecular weight is 377 g/mol. The van der Waals surface area contributed by atoms with Gasteiger partial charge in [0.25, 0.3) is 5.91 Å². The zero-order valence-electron chi connectivity index (χ0n) is 16.0. The predicted octanol–water partition coefficient (Wildman–Crippen LogP) is 3.27. The van der Waals surface area contributed by atoms with Crippen molar-refractivity contribution in [2.45, 2.75) is 12.8 Å². The van der Waals surface area contributed by atoms with Gasteiger partial charge in [-0.05, 0) is 72.1 Å². The van der Waals surface area contributed by atoms with Gasteiger partial charge in [-0.3, -0.25) is 4.79 Å². The van der Waals surface area contributed by atoms with E-state index in [0.717, 1.165) is 49.1 Å². The van der Waals surface area contributed by atoms with E-state index >= 15 is 0 Å². The monoisotopic (exact) mass is 377 g/mol. The van der Waals surface area contributed by atoms with Crippen LogP contribution in [-0.2, 0) is 0 Å². The lowest BCUT2D eigenvalue weighted by atomic mass is 9.99. The minimum Gasteiger partial charge on any atom is -0.396 e. The summed E-state index contributed by atoms with van der Waals surface area (Å²) in [5.74, 6) is 0.339. The maximum atomic E-state index is 12.4. The fraction of sp³-hybridized carbons (Fsp3) is 0.348. The molecule has 4 rings (SSSR count). The second kappa shape index (κ2) is 8.59. The first-order chi connectivity index (χ1) is 13.7. The highest BCUT2D eigenvalue weighted by Crippen LogP contribution is 2.24. The van der Waals surface area contributed by atoms with Gasteiger partial charge in [0.05, 0.1) is 0 Å². The highest BCUT2D eigenvalue weighted by Gasteiger charge is 2.18. The molecule has 1 fully saturated rings. The Bertz CT molecular complexity index is 932. The number of hydrogen-bond acceptors (Lipinski definition) is 3. The summed E-state index contributed by atoms with van der Waals surface area (Å²) in [6.07, 6.45) is 4.16. The lowest BCUT2D eigenvalue weighted by Gasteiger charge is -2.31. The smallest absolute Gasteiger partial charge is 0.251 e. The number of H-pyrrole nitrogens is 1. The van der Waals surface area contributed by atoms with Crippen molar-refractivity contribution in [3.05, 3.63) is 60.3 Å². The number of aliphatic hydroxyl groups excluding tert-OH is 1. The van der Waals surface area contributed by atoms with Gasteiger partial charge in [-0.25, -0.2) is 0 Å². The first-order valence-corrected chi connectivity index (χ1v) is 10.0. The molecule has 1 unspecified atom stereocenters. The molecule has 1 aliphatic rings. The van der Waals surface area contributed by atoms with Gasteiger partial charge in [0.2, 0.25) is 0 Å². The Labute approximate surface area is 165 Å². The molecule has 1 saturated heterocycles. The SMILES string of the molecule is O=C(NCCN1CCCC(CO)C1)c1ccc(-c2ccc3[nH]ccc3c2)cc1. The summed E-state index contributed by atoms with van der Waals surface area (Å²) in [5.41, 5.74) is 4.04. The highest BCUT2D eigenvalue weighted by molar-refractivity contribution is 5.95. The third kappa shape index (κ3) is 4.26. The molecule has 5 nitrogen and oxygen atoms in total. The molecular formula is C23H27N3O2. The Morgan fingerprint density at radius 1 is 1.14 bits per heavy atom. The predicted molar refractivity (Wildman–Crippen MR) is 112 cm³/mol. The van der Waals surface area contributed by atoms with Crippen LogP contribution in [0.2, 0.25) is 0 Å². The van der Waals surface area contributed by atoms with Gasteiger partial charge in [-0.2, -0.15) is 0 Å². The lowest BCUT2D eigenvalue weighted by Crippen LogP contribution is -2.41. The number of likely N-dealkylation sites (tertiary alicyclic amines) is 1. The molecule has 0 aliphatic carbocycles. The molecule has 1 atom stereocenters. The Balaban J connectivity index is 1.32. The molecule has 2 heterocycles. The Morgan fingerprint density at radius 2 is 1.96 bits per heavy atom. The van der Waals surface area contributed by atoms with Gasteiger partial charge in [0.15, 0.2) is 0 Å². The summed E-state index contributed by atoms with van der Waals surface area (Å²) in [5, 5.41) is 13.5. The molecule has 0 radical (unpaired) electrons. The van der Waals surface area contributed by atoms with E-state index in [1.165, 1.54) is 5.39 Å². The molecule has 0 spiro atoms. The summed E-state index contributed by atoms with van der Waals surface area (Å²) in [6, 6.07) is 16.1. The largest absolute Gasteiger partial charge is 0.396 e. The summed E-state index contributed by atoms with van der Waals surface area (Å²) in [6.45, 7) is 3.69. The summed E-state index contributed by atoms with van der Waals surface area (Å²) < 4.78 is 0. The molecule has 0 bridgehead atoms.